The fourth-order valence-electron chi connectivity index (χ4n) is 2.04. The molecule has 0 spiro atoms. The van der Waals surface area contributed by atoms with Gasteiger partial charge in [0.15, 0.2) is 0 Å². The van der Waals surface area contributed by atoms with E-state index in [-0.39, 0.29) is 10.8 Å². The maximum Gasteiger partial charge on any atom is 0.416 e. The van der Waals surface area contributed by atoms with Crippen molar-refractivity contribution >= 4 is 11.9 Å². The van der Waals surface area contributed by atoms with Gasteiger partial charge in [-0.25, -0.2) is 4.98 Å². The second-order valence-electron chi connectivity index (χ2n) is 5.24. The van der Waals surface area contributed by atoms with E-state index in [2.05, 4.69) is 10.3 Å². The van der Waals surface area contributed by atoms with Crippen molar-refractivity contribution in [2.24, 2.45) is 5.73 Å². The lowest BCUT2D eigenvalue weighted by Crippen LogP contribution is -2.31. The first kappa shape index (κ1) is 20.1. The molecule has 4 N–H and O–H groups in total. The van der Waals surface area contributed by atoms with Crippen molar-refractivity contribution in [1.29, 1.82) is 0 Å². The third-order valence-corrected chi connectivity index (χ3v) is 3.30. The molecular formula is C14H10F6N4O3. The Morgan fingerprint density at radius 2 is 1.63 bits per heavy atom. The summed E-state index contributed by atoms with van der Waals surface area (Å²) in [6, 6.07) is 0.908. The van der Waals surface area contributed by atoms with Gasteiger partial charge in [-0.15, -0.1) is 4.73 Å². The van der Waals surface area contributed by atoms with Crippen LogP contribution in [0.2, 0.25) is 0 Å². The van der Waals surface area contributed by atoms with Crippen molar-refractivity contribution in [3.63, 3.8) is 0 Å². The summed E-state index contributed by atoms with van der Waals surface area (Å²) < 4.78 is 76.7. The summed E-state index contributed by atoms with van der Waals surface area (Å²) in [4.78, 5) is 26.1. The zero-order valence-corrected chi connectivity index (χ0v) is 13.0. The third-order valence-electron chi connectivity index (χ3n) is 3.30. The zero-order chi connectivity index (χ0) is 20.6. The summed E-state index contributed by atoms with van der Waals surface area (Å²) in [5, 5.41) is 11.8. The lowest BCUT2D eigenvalue weighted by atomic mass is 10.0. The summed E-state index contributed by atoms with van der Waals surface area (Å²) in [5.74, 6) is -1.80. The molecule has 2 rings (SSSR count). The molecule has 1 amide bonds. The molecule has 0 aliphatic heterocycles. The van der Waals surface area contributed by atoms with Gasteiger partial charge >= 0.3 is 17.9 Å². The minimum Gasteiger partial charge on any atom is -0.422 e. The predicted molar refractivity (Wildman–Crippen MR) is 78.0 cm³/mol. The Bertz CT molecular complexity index is 904. The van der Waals surface area contributed by atoms with Crippen LogP contribution in [0.5, 0.6) is 0 Å². The van der Waals surface area contributed by atoms with Gasteiger partial charge in [0.1, 0.15) is 5.56 Å². The molecule has 1 aromatic heterocycles. The van der Waals surface area contributed by atoms with Gasteiger partial charge in [-0.3, -0.25) is 9.59 Å². The molecule has 0 radical (unpaired) electrons. The minimum absolute atomic E-state index is 0.0363. The van der Waals surface area contributed by atoms with Crippen LogP contribution in [-0.4, -0.2) is 20.8 Å². The highest BCUT2D eigenvalue weighted by Crippen LogP contribution is 2.36. The maximum atomic E-state index is 12.8. The number of carbonyl (C=O) groups excluding carboxylic acids is 1. The van der Waals surface area contributed by atoms with E-state index in [9.17, 15) is 41.1 Å². The highest BCUT2D eigenvalue weighted by atomic mass is 19.4. The number of anilines is 1. The Labute approximate surface area is 146 Å². The molecule has 1 heterocycles. The highest BCUT2D eigenvalue weighted by molar-refractivity contribution is 5.92. The fourth-order valence-corrected chi connectivity index (χ4v) is 2.04. The Morgan fingerprint density at radius 1 is 1.11 bits per heavy atom. The first-order chi connectivity index (χ1) is 12.3. The molecule has 0 saturated heterocycles. The molecule has 0 saturated carbocycles. The van der Waals surface area contributed by atoms with Crippen molar-refractivity contribution < 1.29 is 36.3 Å². The molecule has 0 bridgehead atoms. The van der Waals surface area contributed by atoms with E-state index in [1.165, 1.54) is 0 Å². The van der Waals surface area contributed by atoms with Crippen molar-refractivity contribution in [3.8, 4) is 0 Å². The second kappa shape index (κ2) is 6.81. The van der Waals surface area contributed by atoms with Crippen LogP contribution in [0.25, 0.3) is 0 Å². The molecule has 7 nitrogen and oxygen atoms in total. The molecular weight excluding hydrogens is 386 g/mol. The van der Waals surface area contributed by atoms with Crippen LogP contribution >= 0.6 is 0 Å². The molecule has 0 unspecified atom stereocenters. The van der Waals surface area contributed by atoms with Crippen molar-refractivity contribution in [2.45, 2.75) is 18.9 Å². The quantitative estimate of drug-likeness (QED) is 0.542. The van der Waals surface area contributed by atoms with E-state index in [1.807, 2.05) is 0 Å². The van der Waals surface area contributed by atoms with Crippen molar-refractivity contribution in [1.82, 2.24) is 9.71 Å². The van der Waals surface area contributed by atoms with E-state index in [0.717, 1.165) is 0 Å². The molecule has 13 heteroatoms. The Morgan fingerprint density at radius 3 is 2.07 bits per heavy atom. The number of hydrogen-bond donors (Lipinski definition) is 3. The van der Waals surface area contributed by atoms with Gasteiger partial charge in [0, 0.05) is 12.7 Å². The number of hydrogen-bond acceptors (Lipinski definition) is 5. The van der Waals surface area contributed by atoms with Gasteiger partial charge in [0.05, 0.1) is 11.1 Å². The van der Waals surface area contributed by atoms with Crippen molar-refractivity contribution in [3.05, 3.63) is 57.0 Å². The summed E-state index contributed by atoms with van der Waals surface area (Å²) in [7, 11) is 0. The fraction of sp³-hybridized carbons (Fsp3) is 0.214. The first-order valence-corrected chi connectivity index (χ1v) is 6.94. The van der Waals surface area contributed by atoms with Gasteiger partial charge in [-0.1, -0.05) is 0 Å². The lowest BCUT2D eigenvalue weighted by Gasteiger charge is -2.15. The van der Waals surface area contributed by atoms with Crippen LogP contribution in [0.1, 0.15) is 27.0 Å². The molecule has 27 heavy (non-hydrogen) atoms. The summed E-state index contributed by atoms with van der Waals surface area (Å²) in [5.41, 5.74) is -0.534. The number of nitrogens with zero attached hydrogens (tertiary/aromatic N) is 2. The van der Waals surface area contributed by atoms with Gasteiger partial charge < -0.3 is 16.3 Å². The molecule has 0 aliphatic carbocycles. The Kier molecular flexibility index (Phi) is 5.06. The van der Waals surface area contributed by atoms with E-state index >= 15 is 0 Å². The normalized spacial score (nSPS) is 12.1. The number of amides is 1. The van der Waals surface area contributed by atoms with Crippen LogP contribution in [0.4, 0.5) is 32.3 Å². The number of nitrogens with two attached hydrogens (primary N) is 1. The highest BCUT2D eigenvalue weighted by Gasteiger charge is 2.36. The predicted octanol–water partition coefficient (Wildman–Crippen LogP) is 2.23. The van der Waals surface area contributed by atoms with Crippen LogP contribution in [-0.2, 0) is 18.9 Å². The number of benzene rings is 1. The van der Waals surface area contributed by atoms with E-state index < -0.39 is 58.6 Å². The summed E-state index contributed by atoms with van der Waals surface area (Å²) in [6.45, 7) is -0.643. The SMILES string of the molecule is NC(=O)c1cnc(NCc2cc(C(F)(F)F)cc(C(F)(F)F)c2)n(O)c1=O. The van der Waals surface area contributed by atoms with Crippen molar-refractivity contribution in [2.75, 3.05) is 5.32 Å². The summed E-state index contributed by atoms with van der Waals surface area (Å²) >= 11 is 0. The van der Waals surface area contributed by atoms with Gasteiger partial charge in [0.25, 0.3) is 5.91 Å². The number of carbonyl (C=O) groups is 1. The summed E-state index contributed by atoms with van der Waals surface area (Å²) in [6.07, 6.45) is -9.33. The van der Waals surface area contributed by atoms with E-state index in [4.69, 9.17) is 5.73 Å². The number of nitrogens with one attached hydrogen (secondary N) is 1. The molecule has 0 atom stereocenters. The lowest BCUT2D eigenvalue weighted by molar-refractivity contribution is -0.143. The Hall–Kier alpha value is -3.25. The average molecular weight is 396 g/mol. The van der Waals surface area contributed by atoms with Crippen LogP contribution < -0.4 is 16.6 Å². The maximum absolute atomic E-state index is 12.8. The third kappa shape index (κ3) is 4.48. The standard InChI is InChI=1S/C14H10F6N4O3/c15-13(16,17)7-1-6(2-8(3-7)14(18,19)20)4-22-12-23-5-9(10(21)25)11(26)24(12)27/h1-3,5,27H,4H2,(H2,21,25)(H,22,23). The molecule has 1 aromatic carbocycles. The topological polar surface area (TPSA) is 110 Å². The molecule has 0 aliphatic rings. The van der Waals surface area contributed by atoms with Gasteiger partial charge in [0.2, 0.25) is 5.95 Å². The van der Waals surface area contributed by atoms with E-state index in [1.54, 1.807) is 0 Å². The molecule has 146 valence electrons. The number of rotatable bonds is 4. The average Bonchev–Trinajstić information content (AvgIpc) is 2.54. The number of alkyl halides is 6. The molecule has 2 aromatic rings. The van der Waals surface area contributed by atoms with Crippen LogP contribution in [0, 0.1) is 0 Å². The second-order valence-corrected chi connectivity index (χ2v) is 5.24. The number of primary amides is 1. The zero-order valence-electron chi connectivity index (χ0n) is 13.0. The number of halogens is 6. The van der Waals surface area contributed by atoms with Crippen LogP contribution in [0.15, 0.2) is 29.2 Å². The van der Waals surface area contributed by atoms with Gasteiger partial charge in [-0.2, -0.15) is 26.3 Å². The minimum atomic E-state index is -5.02. The van der Waals surface area contributed by atoms with Crippen LogP contribution in [0.3, 0.4) is 0 Å². The Balaban J connectivity index is 2.37. The number of aromatic nitrogens is 2. The van der Waals surface area contributed by atoms with E-state index in [0.29, 0.717) is 18.3 Å². The monoisotopic (exact) mass is 396 g/mol. The largest absolute Gasteiger partial charge is 0.422 e. The smallest absolute Gasteiger partial charge is 0.416 e. The first-order valence-electron chi connectivity index (χ1n) is 6.94. The molecule has 0 fully saturated rings. The van der Waals surface area contributed by atoms with Gasteiger partial charge in [-0.05, 0) is 23.8 Å².